The van der Waals surface area contributed by atoms with Crippen molar-refractivity contribution in [3.8, 4) is 11.3 Å². The van der Waals surface area contributed by atoms with Gasteiger partial charge in [-0.1, -0.05) is 6.07 Å². The van der Waals surface area contributed by atoms with Gasteiger partial charge >= 0.3 is 0 Å². The van der Waals surface area contributed by atoms with Crippen molar-refractivity contribution in [3.63, 3.8) is 0 Å². The summed E-state index contributed by atoms with van der Waals surface area (Å²) >= 11 is 0. The van der Waals surface area contributed by atoms with Gasteiger partial charge in [-0.2, -0.15) is 9.40 Å². The number of halogens is 1. The monoisotopic (exact) mass is 439 g/mol. The number of hydrogen-bond acceptors (Lipinski definition) is 4. The Hall–Kier alpha value is -3.04. The molecule has 1 aliphatic heterocycles. The first-order chi connectivity index (χ1) is 14.9. The minimum absolute atomic E-state index is 0.00221. The zero-order valence-electron chi connectivity index (χ0n) is 16.9. The molecule has 3 aromatic heterocycles. The normalized spacial score (nSPS) is 19.9. The van der Waals surface area contributed by atoms with Gasteiger partial charge in [-0.3, -0.25) is 5.10 Å². The molecule has 9 heteroatoms. The van der Waals surface area contributed by atoms with Gasteiger partial charge in [0.15, 0.2) is 0 Å². The highest BCUT2D eigenvalue weighted by atomic mass is 32.2. The van der Waals surface area contributed by atoms with Crippen LogP contribution in [0.1, 0.15) is 13.3 Å². The number of hydrogen-bond donors (Lipinski definition) is 1. The Morgan fingerprint density at radius 1 is 1.23 bits per heavy atom. The third kappa shape index (κ3) is 3.64. The van der Waals surface area contributed by atoms with Crippen LogP contribution < -0.4 is 0 Å². The minimum Gasteiger partial charge on any atom is -0.346 e. The highest BCUT2D eigenvalue weighted by Crippen LogP contribution is 2.31. The molecule has 0 unspecified atom stereocenters. The van der Waals surface area contributed by atoms with E-state index in [2.05, 4.69) is 14.8 Å². The Morgan fingerprint density at radius 2 is 2.10 bits per heavy atom. The third-order valence-electron chi connectivity index (χ3n) is 5.88. The fourth-order valence-electron chi connectivity index (χ4n) is 4.40. The number of nitrogens with one attached hydrogen (secondary N) is 1. The van der Waals surface area contributed by atoms with Crippen LogP contribution >= 0.6 is 0 Å². The van der Waals surface area contributed by atoms with E-state index >= 15 is 0 Å². The zero-order valence-corrected chi connectivity index (χ0v) is 17.8. The van der Waals surface area contributed by atoms with E-state index in [-0.39, 0.29) is 16.9 Å². The van der Waals surface area contributed by atoms with E-state index in [0.29, 0.717) is 13.1 Å². The quantitative estimate of drug-likeness (QED) is 0.514. The van der Waals surface area contributed by atoms with Crippen molar-refractivity contribution in [2.24, 2.45) is 5.92 Å². The summed E-state index contributed by atoms with van der Waals surface area (Å²) in [5, 5.41) is 6.76. The lowest BCUT2D eigenvalue weighted by Crippen LogP contribution is -2.34. The van der Waals surface area contributed by atoms with E-state index in [0.717, 1.165) is 34.8 Å². The van der Waals surface area contributed by atoms with Gasteiger partial charge in [0, 0.05) is 37.1 Å². The number of benzene rings is 1. The minimum atomic E-state index is -3.73. The Labute approximate surface area is 179 Å². The Bertz CT molecular complexity index is 1330. The topological polar surface area (TPSA) is 83.9 Å². The smallest absolute Gasteiger partial charge is 0.243 e. The Morgan fingerprint density at radius 3 is 2.87 bits per heavy atom. The molecule has 31 heavy (non-hydrogen) atoms. The predicted molar refractivity (Wildman–Crippen MR) is 115 cm³/mol. The summed E-state index contributed by atoms with van der Waals surface area (Å²) in [7, 11) is -3.73. The van der Waals surface area contributed by atoms with Gasteiger partial charge in [0.1, 0.15) is 5.82 Å². The van der Waals surface area contributed by atoms with E-state index < -0.39 is 15.8 Å². The molecule has 0 radical (unpaired) electrons. The van der Waals surface area contributed by atoms with Crippen LogP contribution in [0.4, 0.5) is 4.39 Å². The highest BCUT2D eigenvalue weighted by molar-refractivity contribution is 7.89. The van der Waals surface area contributed by atoms with E-state index in [4.69, 9.17) is 4.98 Å². The van der Waals surface area contributed by atoms with Crippen molar-refractivity contribution >= 4 is 21.1 Å². The molecule has 1 fully saturated rings. The van der Waals surface area contributed by atoms with Gasteiger partial charge in [-0.05, 0) is 55.7 Å². The number of aromatic nitrogens is 4. The van der Waals surface area contributed by atoms with Gasteiger partial charge in [0.05, 0.1) is 27.8 Å². The van der Waals surface area contributed by atoms with Crippen molar-refractivity contribution in [1.82, 2.24) is 24.1 Å². The number of aromatic amines is 1. The first-order valence-corrected chi connectivity index (χ1v) is 11.6. The van der Waals surface area contributed by atoms with Crippen molar-refractivity contribution in [3.05, 3.63) is 66.9 Å². The number of fused-ring (bicyclic) bond motifs is 1. The molecule has 1 aromatic carbocycles. The SMILES string of the molecule is C[C@@H]1C[C@@H](Cn2ccc3nc(-c4cn[nH]c4)ccc32)CN1S(=O)(=O)c1cccc(F)c1. The maximum absolute atomic E-state index is 13.6. The molecule has 0 bridgehead atoms. The molecule has 0 spiro atoms. The molecule has 4 heterocycles. The van der Waals surface area contributed by atoms with Crippen molar-refractivity contribution in [2.45, 2.75) is 30.8 Å². The van der Waals surface area contributed by atoms with Crippen LogP contribution in [0.3, 0.4) is 0 Å². The standard InChI is InChI=1S/C22H22FN5O2S/c1-15-9-16(14-28(15)31(29,30)19-4-2-3-18(23)10-19)13-27-8-7-21-22(27)6-5-20(26-21)17-11-24-25-12-17/h2-8,10-12,15-16H,9,13-14H2,1H3,(H,24,25)/t15-,16+/m1/s1. The van der Waals surface area contributed by atoms with Crippen molar-refractivity contribution in [2.75, 3.05) is 6.54 Å². The molecule has 2 atom stereocenters. The van der Waals surface area contributed by atoms with Crippen LogP contribution in [0.15, 0.2) is 66.0 Å². The fraction of sp³-hybridized carbons (Fsp3) is 0.273. The van der Waals surface area contributed by atoms with E-state index in [1.807, 2.05) is 31.3 Å². The number of sulfonamides is 1. The average molecular weight is 440 g/mol. The van der Waals surface area contributed by atoms with E-state index in [1.54, 1.807) is 12.4 Å². The summed E-state index contributed by atoms with van der Waals surface area (Å²) in [6, 6.07) is 11.0. The average Bonchev–Trinajstić information content (AvgIpc) is 3.49. The second-order valence-corrected chi connectivity index (χ2v) is 9.93. The maximum atomic E-state index is 13.6. The van der Waals surface area contributed by atoms with Gasteiger partial charge in [0.25, 0.3) is 0 Å². The summed E-state index contributed by atoms with van der Waals surface area (Å²) in [6.45, 7) is 3.00. The summed E-state index contributed by atoms with van der Waals surface area (Å²) < 4.78 is 43.3. The summed E-state index contributed by atoms with van der Waals surface area (Å²) in [5.74, 6) is -0.395. The number of nitrogens with zero attached hydrogens (tertiary/aromatic N) is 4. The van der Waals surface area contributed by atoms with Crippen molar-refractivity contribution < 1.29 is 12.8 Å². The van der Waals surface area contributed by atoms with Crippen LogP contribution in [0.5, 0.6) is 0 Å². The Kier molecular flexibility index (Phi) is 4.86. The van der Waals surface area contributed by atoms with Crippen molar-refractivity contribution in [1.29, 1.82) is 0 Å². The highest BCUT2D eigenvalue weighted by Gasteiger charge is 2.38. The van der Waals surface area contributed by atoms with Gasteiger partial charge in [-0.25, -0.2) is 17.8 Å². The van der Waals surface area contributed by atoms with Crippen LogP contribution in [0.2, 0.25) is 0 Å². The molecule has 0 aliphatic carbocycles. The predicted octanol–water partition coefficient (Wildman–Crippen LogP) is 3.66. The number of H-pyrrole nitrogens is 1. The molecule has 7 nitrogen and oxygen atoms in total. The third-order valence-corrected chi connectivity index (χ3v) is 7.86. The second kappa shape index (κ2) is 7.58. The molecule has 1 aliphatic rings. The molecule has 4 aromatic rings. The van der Waals surface area contributed by atoms with Crippen LogP contribution in [-0.2, 0) is 16.6 Å². The first-order valence-electron chi connectivity index (χ1n) is 10.1. The molecule has 0 saturated carbocycles. The second-order valence-electron chi connectivity index (χ2n) is 8.04. The number of pyridine rings is 1. The number of rotatable bonds is 5. The Balaban J connectivity index is 1.36. The van der Waals surface area contributed by atoms with Gasteiger partial charge < -0.3 is 4.57 Å². The molecular formula is C22H22FN5O2S. The molecular weight excluding hydrogens is 417 g/mol. The lowest BCUT2D eigenvalue weighted by atomic mass is 10.1. The van der Waals surface area contributed by atoms with Crippen LogP contribution in [0, 0.1) is 11.7 Å². The molecule has 160 valence electrons. The summed E-state index contributed by atoms with van der Waals surface area (Å²) in [6.07, 6.45) is 6.28. The van der Waals surface area contributed by atoms with Crippen LogP contribution in [0.25, 0.3) is 22.3 Å². The lowest BCUT2D eigenvalue weighted by molar-refractivity contribution is 0.399. The van der Waals surface area contributed by atoms with Gasteiger partial charge in [0.2, 0.25) is 10.0 Å². The first kappa shape index (κ1) is 19.9. The summed E-state index contributed by atoms with van der Waals surface area (Å²) in [5.41, 5.74) is 3.67. The molecule has 5 rings (SSSR count). The molecule has 1 saturated heterocycles. The van der Waals surface area contributed by atoms with E-state index in [1.165, 1.54) is 22.5 Å². The van der Waals surface area contributed by atoms with E-state index in [9.17, 15) is 12.8 Å². The van der Waals surface area contributed by atoms with Crippen LogP contribution in [-0.4, -0.2) is 45.1 Å². The lowest BCUT2D eigenvalue weighted by Gasteiger charge is -2.21. The van der Waals surface area contributed by atoms with Gasteiger partial charge in [-0.15, -0.1) is 0 Å². The largest absolute Gasteiger partial charge is 0.346 e. The summed E-state index contributed by atoms with van der Waals surface area (Å²) in [4.78, 5) is 4.71. The molecule has 0 amide bonds. The zero-order chi connectivity index (χ0) is 21.6. The maximum Gasteiger partial charge on any atom is 0.243 e. The molecule has 1 N–H and O–H groups in total. The fourth-order valence-corrected chi connectivity index (χ4v) is 6.15.